The van der Waals surface area contributed by atoms with Crippen LogP contribution in [0.4, 0.5) is 0 Å². The average molecular weight is 362 g/mol. The maximum absolute atomic E-state index is 8.97. The van der Waals surface area contributed by atoms with E-state index in [-0.39, 0.29) is 17.5 Å². The zero-order valence-electron chi connectivity index (χ0n) is 15.5. The number of hydrogen-bond donors (Lipinski definition) is 0. The molecule has 0 heterocycles. The van der Waals surface area contributed by atoms with Crippen molar-refractivity contribution in [1.29, 1.82) is 5.26 Å². The van der Waals surface area contributed by atoms with Crippen LogP contribution in [0.15, 0.2) is 0 Å². The summed E-state index contributed by atoms with van der Waals surface area (Å²) in [5, 5.41) is 11.4. The van der Waals surface area contributed by atoms with Crippen molar-refractivity contribution >= 4 is 21.3 Å². The van der Waals surface area contributed by atoms with Gasteiger partial charge in [-0.2, -0.15) is 5.26 Å². The molecule has 0 saturated carbocycles. The normalized spacial score (nSPS) is 13.0. The summed E-state index contributed by atoms with van der Waals surface area (Å²) < 4.78 is 17.4. The Morgan fingerprint density at radius 3 is 2.04 bits per heavy atom. The van der Waals surface area contributed by atoms with Gasteiger partial charge in [-0.3, -0.25) is 0 Å². The van der Waals surface area contributed by atoms with Crippen LogP contribution in [-0.2, 0) is 13.3 Å². The van der Waals surface area contributed by atoms with Gasteiger partial charge in [0.2, 0.25) is 0 Å². The molecule has 0 saturated heterocycles. The fourth-order valence-corrected chi connectivity index (χ4v) is 4.36. The van der Waals surface area contributed by atoms with Gasteiger partial charge in [-0.25, -0.2) is 0 Å². The van der Waals surface area contributed by atoms with Crippen LogP contribution in [-0.4, -0.2) is 33.6 Å². The standard InChI is InChI=1S/C17H35NO3SSi/c1-6-7-8-9-10-11-12-17(22-14-18)13-19-23(20-15(2)3)21-16(4)5/h15-17,23H,6-13H2,1-5H3. The van der Waals surface area contributed by atoms with Gasteiger partial charge in [0.05, 0.1) is 6.61 Å². The highest BCUT2D eigenvalue weighted by atomic mass is 32.2. The minimum absolute atomic E-state index is 0.103. The predicted molar refractivity (Wildman–Crippen MR) is 101 cm³/mol. The van der Waals surface area contributed by atoms with Gasteiger partial charge in [0.1, 0.15) is 5.40 Å². The molecule has 0 aliphatic carbocycles. The molecule has 0 bridgehead atoms. The van der Waals surface area contributed by atoms with E-state index in [1.54, 1.807) is 0 Å². The second-order valence-electron chi connectivity index (χ2n) is 6.38. The maximum Gasteiger partial charge on any atom is 0.484 e. The monoisotopic (exact) mass is 361 g/mol. The molecule has 0 aromatic carbocycles. The van der Waals surface area contributed by atoms with Crippen LogP contribution < -0.4 is 0 Å². The van der Waals surface area contributed by atoms with Crippen molar-refractivity contribution in [2.24, 2.45) is 0 Å². The first-order valence-corrected chi connectivity index (χ1v) is 11.3. The topological polar surface area (TPSA) is 51.5 Å². The Bertz CT molecular complexity index is 301. The SMILES string of the molecule is CCCCCCCCC(CO[SiH](OC(C)C)OC(C)C)SC#N. The Balaban J connectivity index is 4.09. The van der Waals surface area contributed by atoms with Crippen LogP contribution in [0.5, 0.6) is 0 Å². The molecule has 23 heavy (non-hydrogen) atoms. The summed E-state index contributed by atoms with van der Waals surface area (Å²) in [6.07, 6.45) is 8.85. The number of unbranched alkanes of at least 4 members (excludes halogenated alkanes) is 5. The highest BCUT2D eigenvalue weighted by Gasteiger charge is 2.21. The van der Waals surface area contributed by atoms with Gasteiger partial charge in [0.15, 0.2) is 0 Å². The largest absolute Gasteiger partial charge is 0.484 e. The maximum atomic E-state index is 8.97. The summed E-state index contributed by atoms with van der Waals surface area (Å²) in [7, 11) is -2.11. The van der Waals surface area contributed by atoms with E-state index in [1.165, 1.54) is 43.9 Å². The molecular weight excluding hydrogens is 326 g/mol. The average Bonchev–Trinajstić information content (AvgIpc) is 2.46. The van der Waals surface area contributed by atoms with Crippen molar-refractivity contribution in [2.75, 3.05) is 6.61 Å². The molecule has 0 radical (unpaired) electrons. The van der Waals surface area contributed by atoms with Crippen LogP contribution in [0.3, 0.4) is 0 Å². The molecule has 6 heteroatoms. The van der Waals surface area contributed by atoms with Gasteiger partial charge in [-0.1, -0.05) is 45.4 Å². The molecule has 0 rings (SSSR count). The van der Waals surface area contributed by atoms with Crippen LogP contribution in [0, 0.1) is 10.7 Å². The number of thioether (sulfide) groups is 1. The van der Waals surface area contributed by atoms with Crippen LogP contribution in [0.25, 0.3) is 0 Å². The fraction of sp³-hybridized carbons (Fsp3) is 0.941. The molecular formula is C17H35NO3SSi. The number of thiocyanates is 1. The first-order valence-electron chi connectivity index (χ1n) is 8.96. The van der Waals surface area contributed by atoms with Gasteiger partial charge < -0.3 is 13.3 Å². The Morgan fingerprint density at radius 2 is 1.52 bits per heavy atom. The summed E-state index contributed by atoms with van der Waals surface area (Å²) >= 11 is 1.32. The molecule has 0 amide bonds. The van der Waals surface area contributed by atoms with Crippen LogP contribution in [0.1, 0.15) is 79.6 Å². The highest BCUT2D eigenvalue weighted by molar-refractivity contribution is 8.04. The Hall–Kier alpha value is -0.0631. The molecule has 0 aliphatic heterocycles. The number of nitriles is 1. The van der Waals surface area contributed by atoms with E-state index in [1.807, 2.05) is 27.7 Å². The van der Waals surface area contributed by atoms with Gasteiger partial charge in [-0.05, 0) is 45.9 Å². The Morgan fingerprint density at radius 1 is 0.957 bits per heavy atom. The van der Waals surface area contributed by atoms with E-state index in [0.717, 1.165) is 12.8 Å². The van der Waals surface area contributed by atoms with E-state index in [2.05, 4.69) is 12.3 Å². The lowest BCUT2D eigenvalue weighted by atomic mass is 10.1. The minimum Gasteiger partial charge on any atom is -0.375 e. The summed E-state index contributed by atoms with van der Waals surface area (Å²) in [4.78, 5) is 0. The smallest absolute Gasteiger partial charge is 0.375 e. The third-order valence-corrected chi connectivity index (χ3v) is 6.09. The van der Waals surface area contributed by atoms with Crippen LogP contribution in [0.2, 0.25) is 0 Å². The molecule has 4 nitrogen and oxygen atoms in total. The molecule has 1 unspecified atom stereocenters. The van der Waals surface area contributed by atoms with Crippen molar-refractivity contribution < 1.29 is 13.3 Å². The molecule has 1 atom stereocenters. The van der Waals surface area contributed by atoms with Crippen molar-refractivity contribution in [2.45, 2.75) is 97.0 Å². The zero-order chi connectivity index (χ0) is 17.5. The highest BCUT2D eigenvalue weighted by Crippen LogP contribution is 2.19. The van der Waals surface area contributed by atoms with E-state index in [0.29, 0.717) is 6.61 Å². The van der Waals surface area contributed by atoms with Crippen molar-refractivity contribution in [3.63, 3.8) is 0 Å². The first-order chi connectivity index (χ1) is 11.0. The fourth-order valence-electron chi connectivity index (χ4n) is 2.14. The van der Waals surface area contributed by atoms with Gasteiger partial charge in [0.25, 0.3) is 0 Å². The van der Waals surface area contributed by atoms with Gasteiger partial charge in [-0.15, -0.1) is 0 Å². The second-order valence-corrected chi connectivity index (χ2v) is 8.92. The predicted octanol–water partition coefficient (Wildman–Crippen LogP) is 4.90. The first kappa shape index (κ1) is 22.9. The molecule has 0 N–H and O–H groups in total. The third-order valence-electron chi connectivity index (χ3n) is 3.28. The van der Waals surface area contributed by atoms with Crippen molar-refractivity contribution in [3.8, 4) is 5.40 Å². The molecule has 0 aliphatic rings. The molecule has 0 fully saturated rings. The number of rotatable bonds is 15. The van der Waals surface area contributed by atoms with Crippen molar-refractivity contribution in [1.82, 2.24) is 0 Å². The minimum atomic E-state index is -2.11. The van der Waals surface area contributed by atoms with E-state index in [9.17, 15) is 0 Å². The second kappa shape index (κ2) is 15.5. The molecule has 0 aromatic heterocycles. The Labute approximate surface area is 149 Å². The third kappa shape index (κ3) is 15.2. The van der Waals surface area contributed by atoms with Gasteiger partial charge in [0, 0.05) is 17.5 Å². The summed E-state index contributed by atoms with van der Waals surface area (Å²) in [5.74, 6) is 0. The van der Waals surface area contributed by atoms with E-state index in [4.69, 9.17) is 18.5 Å². The lowest BCUT2D eigenvalue weighted by molar-refractivity contribution is 0.0503. The zero-order valence-corrected chi connectivity index (χ0v) is 17.5. The summed E-state index contributed by atoms with van der Waals surface area (Å²) in [6, 6.07) is 0. The number of nitrogens with zero attached hydrogens (tertiary/aromatic N) is 1. The van der Waals surface area contributed by atoms with Crippen molar-refractivity contribution in [3.05, 3.63) is 0 Å². The Kier molecular flexibility index (Phi) is 15.4. The van der Waals surface area contributed by atoms with Crippen LogP contribution >= 0.6 is 11.8 Å². The van der Waals surface area contributed by atoms with Gasteiger partial charge >= 0.3 is 9.53 Å². The quantitative estimate of drug-likeness (QED) is 0.236. The molecule has 0 spiro atoms. The summed E-state index contributed by atoms with van der Waals surface area (Å²) in [6.45, 7) is 10.7. The lowest BCUT2D eigenvalue weighted by Crippen LogP contribution is -2.34. The number of hydrogen-bond acceptors (Lipinski definition) is 5. The summed E-state index contributed by atoms with van der Waals surface area (Å²) in [5.41, 5.74) is 0. The lowest BCUT2D eigenvalue weighted by Gasteiger charge is -2.23. The van der Waals surface area contributed by atoms with E-state index >= 15 is 0 Å². The molecule has 0 aromatic rings. The van der Waals surface area contributed by atoms with E-state index < -0.39 is 9.53 Å². The molecule has 136 valence electrons.